The lowest BCUT2D eigenvalue weighted by molar-refractivity contribution is 0.0963. The van der Waals surface area contributed by atoms with Crippen molar-refractivity contribution in [2.24, 2.45) is 17.8 Å². The SMILES string of the molecule is Cc1ccc(C(=O)NC2=CC(C3CC3)C(CN3CCN(CCO)CC3)C=C2)cc1C#Cc1cnc2cccnn12. The summed E-state index contributed by atoms with van der Waals surface area (Å²) in [6.07, 6.45) is 12.6. The minimum absolute atomic E-state index is 0.122. The quantitative estimate of drug-likeness (QED) is 0.452. The monoisotopic (exact) mass is 536 g/mol. The summed E-state index contributed by atoms with van der Waals surface area (Å²) >= 11 is 0. The van der Waals surface area contributed by atoms with Gasteiger partial charge in [0.25, 0.3) is 5.91 Å². The van der Waals surface area contributed by atoms with Gasteiger partial charge >= 0.3 is 0 Å². The van der Waals surface area contributed by atoms with Crippen LogP contribution in [0.15, 0.2) is 66.7 Å². The predicted molar refractivity (Wildman–Crippen MR) is 155 cm³/mol. The molecule has 1 aromatic carbocycles. The number of carbonyl (C=O) groups is 1. The molecule has 1 aliphatic heterocycles. The number of allylic oxidation sites excluding steroid dienone is 2. The smallest absolute Gasteiger partial charge is 0.255 e. The van der Waals surface area contributed by atoms with Crippen molar-refractivity contribution in [3.8, 4) is 11.8 Å². The molecule has 0 bridgehead atoms. The van der Waals surface area contributed by atoms with Crippen molar-refractivity contribution in [1.29, 1.82) is 0 Å². The van der Waals surface area contributed by atoms with Crippen LogP contribution in [-0.4, -0.2) is 81.3 Å². The Morgan fingerprint density at radius 2 is 1.95 bits per heavy atom. The Balaban J connectivity index is 1.12. The molecule has 3 aliphatic rings. The van der Waals surface area contributed by atoms with Crippen molar-refractivity contribution in [3.63, 3.8) is 0 Å². The molecule has 0 radical (unpaired) electrons. The van der Waals surface area contributed by atoms with Crippen LogP contribution in [0.5, 0.6) is 0 Å². The third kappa shape index (κ3) is 6.02. The summed E-state index contributed by atoms with van der Waals surface area (Å²) < 4.78 is 1.71. The van der Waals surface area contributed by atoms with E-state index in [0.29, 0.717) is 29.0 Å². The molecule has 3 aromatic rings. The van der Waals surface area contributed by atoms with Crippen molar-refractivity contribution in [3.05, 3.63) is 89.0 Å². The predicted octanol–water partition coefficient (Wildman–Crippen LogP) is 2.87. The Hall–Kier alpha value is -3.77. The molecule has 2 unspecified atom stereocenters. The van der Waals surface area contributed by atoms with E-state index in [1.807, 2.05) is 37.3 Å². The largest absolute Gasteiger partial charge is 0.395 e. The Kier molecular flexibility index (Phi) is 7.78. The summed E-state index contributed by atoms with van der Waals surface area (Å²) in [7, 11) is 0. The topological polar surface area (TPSA) is 86.0 Å². The number of carbonyl (C=O) groups excluding carboxylic acids is 1. The standard InChI is InChI=1S/C32H36N6O2/c1-23-4-5-26(19-25(23)9-11-29-21-33-31-3-2-12-34-38(29)31)32(40)35-28-10-8-27(30(20-28)24-6-7-24)22-37-15-13-36(14-16-37)17-18-39/h2-5,8,10,12,19-21,24,27,30,39H,6-7,13-18,22H2,1H3,(H,35,40). The molecule has 8 nitrogen and oxygen atoms in total. The van der Waals surface area contributed by atoms with Crippen LogP contribution in [0.25, 0.3) is 5.65 Å². The van der Waals surface area contributed by atoms with Crippen LogP contribution in [-0.2, 0) is 0 Å². The molecule has 1 saturated carbocycles. The van der Waals surface area contributed by atoms with E-state index in [4.69, 9.17) is 0 Å². The molecule has 0 spiro atoms. The van der Waals surface area contributed by atoms with Gasteiger partial charge in [-0.05, 0) is 79.3 Å². The Bertz CT molecular complexity index is 1500. The first-order valence-electron chi connectivity index (χ1n) is 14.3. The Labute approximate surface area is 235 Å². The van der Waals surface area contributed by atoms with Gasteiger partial charge in [-0.25, -0.2) is 9.50 Å². The van der Waals surface area contributed by atoms with Gasteiger partial charge in [-0.3, -0.25) is 9.69 Å². The highest BCUT2D eigenvalue weighted by atomic mass is 16.3. The summed E-state index contributed by atoms with van der Waals surface area (Å²) in [4.78, 5) is 22.5. The van der Waals surface area contributed by atoms with Gasteiger partial charge in [-0.15, -0.1) is 0 Å². The molecular formula is C32H36N6O2. The number of piperazine rings is 1. The molecule has 3 heterocycles. The van der Waals surface area contributed by atoms with Crippen molar-refractivity contribution >= 4 is 11.6 Å². The second kappa shape index (κ2) is 11.8. The molecule has 2 aliphatic carbocycles. The molecular weight excluding hydrogens is 500 g/mol. The van der Waals surface area contributed by atoms with Crippen LogP contribution < -0.4 is 5.32 Å². The maximum absolute atomic E-state index is 13.3. The fourth-order valence-corrected chi connectivity index (χ4v) is 5.76. The highest BCUT2D eigenvalue weighted by Crippen LogP contribution is 2.44. The lowest BCUT2D eigenvalue weighted by Crippen LogP contribution is -2.49. The summed E-state index contributed by atoms with van der Waals surface area (Å²) in [6.45, 7) is 8.15. The number of imidazole rings is 1. The number of hydrogen-bond acceptors (Lipinski definition) is 6. The van der Waals surface area contributed by atoms with Gasteiger partial charge in [0.2, 0.25) is 0 Å². The van der Waals surface area contributed by atoms with Crippen molar-refractivity contribution in [2.45, 2.75) is 19.8 Å². The molecule has 2 atom stereocenters. The van der Waals surface area contributed by atoms with Gasteiger partial charge in [0.05, 0.1) is 12.8 Å². The highest BCUT2D eigenvalue weighted by Gasteiger charge is 2.36. The average Bonchev–Trinajstić information content (AvgIpc) is 3.74. The number of β-amino-alcohol motifs (C(OH)–C–C–N with tert-alkyl or cyclic N) is 1. The van der Waals surface area contributed by atoms with E-state index in [1.165, 1.54) is 12.8 Å². The maximum atomic E-state index is 13.3. The van der Waals surface area contributed by atoms with Gasteiger partial charge in [0.15, 0.2) is 5.65 Å². The van der Waals surface area contributed by atoms with E-state index >= 15 is 0 Å². The van der Waals surface area contributed by atoms with Gasteiger partial charge in [0.1, 0.15) is 5.69 Å². The van der Waals surface area contributed by atoms with Crippen LogP contribution in [0.3, 0.4) is 0 Å². The number of aryl methyl sites for hydroxylation is 1. The number of nitrogens with zero attached hydrogens (tertiary/aromatic N) is 5. The Morgan fingerprint density at radius 3 is 2.75 bits per heavy atom. The number of fused-ring (bicyclic) bond motifs is 1. The second-order valence-corrected chi connectivity index (χ2v) is 11.1. The summed E-state index contributed by atoms with van der Waals surface area (Å²) in [5, 5.41) is 16.7. The first-order valence-corrected chi connectivity index (χ1v) is 14.3. The average molecular weight is 537 g/mol. The third-order valence-electron chi connectivity index (χ3n) is 8.27. The number of aliphatic hydroxyl groups excluding tert-OH is 1. The normalized spacial score (nSPS) is 21.6. The van der Waals surface area contributed by atoms with Crippen LogP contribution in [0, 0.1) is 36.5 Å². The van der Waals surface area contributed by atoms with E-state index in [2.05, 4.69) is 55.3 Å². The number of rotatable bonds is 7. The van der Waals surface area contributed by atoms with Crippen LogP contribution in [0.2, 0.25) is 0 Å². The summed E-state index contributed by atoms with van der Waals surface area (Å²) in [5.41, 5.74) is 4.74. The van der Waals surface area contributed by atoms with Crippen LogP contribution >= 0.6 is 0 Å². The zero-order chi connectivity index (χ0) is 27.5. The van der Waals surface area contributed by atoms with Gasteiger partial charge < -0.3 is 15.3 Å². The van der Waals surface area contributed by atoms with E-state index in [1.54, 1.807) is 16.9 Å². The number of aliphatic hydroxyl groups is 1. The third-order valence-corrected chi connectivity index (χ3v) is 8.27. The van der Waals surface area contributed by atoms with Gasteiger partial charge in [0, 0.05) is 62.3 Å². The minimum Gasteiger partial charge on any atom is -0.395 e. The lowest BCUT2D eigenvalue weighted by Gasteiger charge is -2.37. The number of nitrogens with one attached hydrogen (secondary N) is 1. The minimum atomic E-state index is -0.122. The molecule has 40 heavy (non-hydrogen) atoms. The first kappa shape index (κ1) is 26.5. The number of benzene rings is 1. The van der Waals surface area contributed by atoms with Gasteiger partial charge in [-0.1, -0.05) is 24.1 Å². The number of hydrogen-bond donors (Lipinski definition) is 2. The zero-order valence-electron chi connectivity index (χ0n) is 23.0. The molecule has 8 heteroatoms. The van der Waals surface area contributed by atoms with Crippen LogP contribution in [0.4, 0.5) is 0 Å². The van der Waals surface area contributed by atoms with Gasteiger partial charge in [-0.2, -0.15) is 5.10 Å². The number of amides is 1. The fraction of sp³-hybridized carbons (Fsp3) is 0.406. The van der Waals surface area contributed by atoms with E-state index < -0.39 is 0 Å². The van der Waals surface area contributed by atoms with Crippen molar-refractivity contribution in [1.82, 2.24) is 29.7 Å². The summed E-state index contributed by atoms with van der Waals surface area (Å²) in [5.74, 6) is 7.87. The Morgan fingerprint density at radius 1 is 1.12 bits per heavy atom. The number of aromatic nitrogens is 3. The molecule has 2 N–H and O–H groups in total. The van der Waals surface area contributed by atoms with E-state index in [0.717, 1.165) is 61.7 Å². The maximum Gasteiger partial charge on any atom is 0.255 e. The first-order chi connectivity index (χ1) is 19.6. The second-order valence-electron chi connectivity index (χ2n) is 11.1. The van der Waals surface area contributed by atoms with E-state index in [-0.39, 0.29) is 12.5 Å². The highest BCUT2D eigenvalue weighted by molar-refractivity contribution is 5.96. The molecule has 2 fully saturated rings. The van der Waals surface area contributed by atoms with E-state index in [9.17, 15) is 9.90 Å². The molecule has 1 amide bonds. The summed E-state index contributed by atoms with van der Waals surface area (Å²) in [6, 6.07) is 9.40. The van der Waals surface area contributed by atoms with Crippen molar-refractivity contribution in [2.75, 3.05) is 45.9 Å². The molecule has 206 valence electrons. The van der Waals surface area contributed by atoms with Crippen molar-refractivity contribution < 1.29 is 9.90 Å². The zero-order valence-corrected chi connectivity index (χ0v) is 23.0. The molecule has 2 aromatic heterocycles. The lowest BCUT2D eigenvalue weighted by atomic mass is 9.83. The van der Waals surface area contributed by atoms with Crippen LogP contribution in [0.1, 0.15) is 40.0 Å². The molecule has 1 saturated heterocycles. The molecule has 6 rings (SSSR count). The fourth-order valence-electron chi connectivity index (χ4n) is 5.76.